The van der Waals surface area contributed by atoms with Gasteiger partial charge in [0.2, 0.25) is 0 Å². The average molecular weight is 272 g/mol. The molecule has 0 aromatic heterocycles. The number of hydrazone groups is 1. The summed E-state index contributed by atoms with van der Waals surface area (Å²) in [6, 6.07) is 19.6. The maximum absolute atomic E-state index is 4.39. The molecule has 102 valence electrons. The van der Waals surface area contributed by atoms with E-state index in [1.54, 1.807) is 0 Å². The Kier molecular flexibility index (Phi) is 2.58. The zero-order valence-corrected chi connectivity index (χ0v) is 12.2. The Labute approximate surface area is 123 Å². The molecule has 0 unspecified atom stereocenters. The van der Waals surface area contributed by atoms with Crippen molar-refractivity contribution in [3.8, 4) is 0 Å². The Morgan fingerprint density at radius 2 is 1.38 bits per heavy atom. The smallest absolute Gasteiger partial charge is 0.0548 e. The zero-order valence-electron chi connectivity index (χ0n) is 12.2. The van der Waals surface area contributed by atoms with Crippen LogP contribution in [0.5, 0.6) is 0 Å². The summed E-state index contributed by atoms with van der Waals surface area (Å²) in [6.45, 7) is 0. The third kappa shape index (κ3) is 1.83. The molecule has 0 spiro atoms. The third-order valence-electron chi connectivity index (χ3n) is 3.99. The normalized spacial score (nSPS) is 12.1. The van der Waals surface area contributed by atoms with Gasteiger partial charge in [0.15, 0.2) is 0 Å². The molecule has 0 fully saturated rings. The molecule has 4 rings (SSSR count). The van der Waals surface area contributed by atoms with E-state index >= 15 is 0 Å². The summed E-state index contributed by atoms with van der Waals surface area (Å²) in [7, 11) is 3.87. The van der Waals surface area contributed by atoms with Crippen LogP contribution in [0.4, 0.5) is 0 Å². The summed E-state index contributed by atoms with van der Waals surface area (Å²) in [4.78, 5) is 0. The van der Waals surface area contributed by atoms with Crippen LogP contribution in [0.2, 0.25) is 0 Å². The van der Waals surface area contributed by atoms with Crippen LogP contribution in [-0.4, -0.2) is 25.3 Å². The van der Waals surface area contributed by atoms with Gasteiger partial charge in [-0.05, 0) is 32.3 Å². The van der Waals surface area contributed by atoms with Crippen LogP contribution >= 0.6 is 0 Å². The topological polar surface area (TPSA) is 15.6 Å². The second-order valence-electron chi connectivity index (χ2n) is 5.60. The molecule has 2 heteroatoms. The van der Waals surface area contributed by atoms with Gasteiger partial charge in [-0.1, -0.05) is 54.6 Å². The molecule has 0 radical (unpaired) electrons. The van der Waals surface area contributed by atoms with Crippen molar-refractivity contribution in [2.24, 2.45) is 5.10 Å². The van der Waals surface area contributed by atoms with Crippen LogP contribution in [0.15, 0.2) is 59.7 Å². The molecule has 0 N–H and O–H groups in total. The largest absolute Gasteiger partial charge is 0.303 e. The molecule has 0 atom stereocenters. The van der Waals surface area contributed by atoms with Crippen LogP contribution in [0.3, 0.4) is 0 Å². The number of rotatable bonds is 2. The molecule has 0 saturated carbocycles. The molecule has 21 heavy (non-hydrogen) atoms. The first-order valence-electron chi connectivity index (χ1n) is 7.12. The maximum Gasteiger partial charge on any atom is 0.0548 e. The molecule has 4 aromatic rings. The highest BCUT2D eigenvalue weighted by Crippen LogP contribution is 2.35. The van der Waals surface area contributed by atoms with Crippen molar-refractivity contribution in [2.45, 2.75) is 0 Å². The number of benzene rings is 4. The molecule has 0 amide bonds. The Balaban J connectivity index is 2.15. The maximum atomic E-state index is 4.39. The van der Waals surface area contributed by atoms with E-state index in [1.807, 2.05) is 25.3 Å². The molecule has 0 heterocycles. The van der Waals surface area contributed by atoms with Gasteiger partial charge in [-0.15, -0.1) is 0 Å². The third-order valence-corrected chi connectivity index (χ3v) is 3.99. The fraction of sp³-hybridized carbons (Fsp3) is 0.105. The van der Waals surface area contributed by atoms with Gasteiger partial charge in [-0.3, -0.25) is 0 Å². The first-order chi connectivity index (χ1) is 10.2. The fourth-order valence-corrected chi connectivity index (χ4v) is 3.05. The number of hydrogen-bond donors (Lipinski definition) is 0. The second-order valence-corrected chi connectivity index (χ2v) is 5.60. The molecule has 2 nitrogen and oxygen atoms in total. The first kappa shape index (κ1) is 12.2. The van der Waals surface area contributed by atoms with E-state index in [0.717, 1.165) is 5.56 Å². The molecule has 0 saturated heterocycles. The highest BCUT2D eigenvalue weighted by atomic mass is 15.4. The van der Waals surface area contributed by atoms with Gasteiger partial charge in [0, 0.05) is 19.7 Å². The first-order valence-corrected chi connectivity index (χ1v) is 7.12. The molecule has 0 aliphatic heterocycles. The predicted molar refractivity (Wildman–Crippen MR) is 91.4 cm³/mol. The van der Waals surface area contributed by atoms with E-state index in [9.17, 15) is 0 Å². The molecule has 0 bridgehead atoms. The Bertz CT molecular complexity index is 951. The van der Waals surface area contributed by atoms with Crippen molar-refractivity contribution < 1.29 is 0 Å². The van der Waals surface area contributed by atoms with E-state index in [2.05, 4.69) is 59.7 Å². The van der Waals surface area contributed by atoms with E-state index in [1.165, 1.54) is 32.3 Å². The summed E-state index contributed by atoms with van der Waals surface area (Å²) in [6.07, 6.45) is 1.94. The van der Waals surface area contributed by atoms with E-state index in [4.69, 9.17) is 0 Å². The Morgan fingerprint density at radius 1 is 0.762 bits per heavy atom. The highest BCUT2D eigenvalue weighted by molar-refractivity contribution is 6.25. The van der Waals surface area contributed by atoms with Gasteiger partial charge in [-0.2, -0.15) is 5.10 Å². The van der Waals surface area contributed by atoms with Crippen molar-refractivity contribution in [2.75, 3.05) is 14.1 Å². The van der Waals surface area contributed by atoms with Crippen molar-refractivity contribution in [1.29, 1.82) is 0 Å². The predicted octanol–water partition coefficient (Wildman–Crippen LogP) is 4.48. The zero-order chi connectivity index (χ0) is 14.4. The summed E-state index contributed by atoms with van der Waals surface area (Å²) >= 11 is 0. The SMILES string of the molecule is CN(C)N=Cc1ccc2ccc3cccc4ccc1c2c34. The Hall–Kier alpha value is -2.61. The lowest BCUT2D eigenvalue weighted by molar-refractivity contribution is 0.440. The molecule has 0 aliphatic rings. The number of nitrogens with zero attached hydrogens (tertiary/aromatic N) is 2. The minimum Gasteiger partial charge on any atom is -0.303 e. The van der Waals surface area contributed by atoms with Crippen LogP contribution in [0.25, 0.3) is 32.3 Å². The van der Waals surface area contributed by atoms with Gasteiger partial charge in [-0.25, -0.2) is 0 Å². The Morgan fingerprint density at radius 3 is 2.10 bits per heavy atom. The fourth-order valence-electron chi connectivity index (χ4n) is 3.05. The molecular formula is C19H16N2. The van der Waals surface area contributed by atoms with E-state index < -0.39 is 0 Å². The molecular weight excluding hydrogens is 256 g/mol. The highest BCUT2D eigenvalue weighted by Gasteiger charge is 2.09. The average Bonchev–Trinajstić information content (AvgIpc) is 2.51. The molecule has 4 aromatic carbocycles. The lowest BCUT2D eigenvalue weighted by Crippen LogP contribution is -2.02. The van der Waals surface area contributed by atoms with E-state index in [0.29, 0.717) is 0 Å². The quantitative estimate of drug-likeness (QED) is 0.298. The monoisotopic (exact) mass is 272 g/mol. The van der Waals surface area contributed by atoms with Crippen LogP contribution in [-0.2, 0) is 0 Å². The molecule has 0 aliphatic carbocycles. The van der Waals surface area contributed by atoms with Gasteiger partial charge < -0.3 is 5.01 Å². The second kappa shape index (κ2) is 4.45. The van der Waals surface area contributed by atoms with Crippen molar-refractivity contribution in [3.63, 3.8) is 0 Å². The van der Waals surface area contributed by atoms with Crippen LogP contribution < -0.4 is 0 Å². The minimum absolute atomic E-state index is 1.16. The lowest BCUT2D eigenvalue weighted by atomic mass is 9.92. The van der Waals surface area contributed by atoms with Crippen LogP contribution in [0, 0.1) is 0 Å². The van der Waals surface area contributed by atoms with Crippen molar-refractivity contribution in [3.05, 3.63) is 60.2 Å². The van der Waals surface area contributed by atoms with Crippen molar-refractivity contribution >= 4 is 38.5 Å². The summed E-state index contributed by atoms with van der Waals surface area (Å²) < 4.78 is 0. The standard InChI is InChI=1S/C19H16N2/c1-21(2)20-12-16-9-8-15-7-6-13-4-3-5-14-10-11-17(16)19(15)18(13)14/h3-12H,1-2H3. The summed E-state index contributed by atoms with van der Waals surface area (Å²) in [5, 5.41) is 14.0. The van der Waals surface area contributed by atoms with Gasteiger partial charge in [0.05, 0.1) is 6.21 Å². The van der Waals surface area contributed by atoms with Gasteiger partial charge in [0.25, 0.3) is 0 Å². The lowest BCUT2D eigenvalue weighted by Gasteiger charge is -2.12. The van der Waals surface area contributed by atoms with Gasteiger partial charge >= 0.3 is 0 Å². The van der Waals surface area contributed by atoms with Gasteiger partial charge in [0.1, 0.15) is 0 Å². The summed E-state index contributed by atoms with van der Waals surface area (Å²) in [5.41, 5.74) is 1.16. The van der Waals surface area contributed by atoms with Crippen molar-refractivity contribution in [1.82, 2.24) is 5.01 Å². The summed E-state index contributed by atoms with van der Waals surface area (Å²) in [5.74, 6) is 0. The van der Waals surface area contributed by atoms with E-state index in [-0.39, 0.29) is 0 Å². The minimum atomic E-state index is 1.16. The number of hydrogen-bond acceptors (Lipinski definition) is 2. The van der Waals surface area contributed by atoms with Crippen LogP contribution in [0.1, 0.15) is 5.56 Å².